The molecule has 5 heteroatoms. The molecule has 1 saturated carbocycles. The van der Waals surface area contributed by atoms with Crippen LogP contribution >= 0.6 is 23.2 Å². The molecule has 1 amide bonds. The third kappa shape index (κ3) is 4.01. The highest BCUT2D eigenvalue weighted by Gasteiger charge is 2.44. The second-order valence-electron chi connectivity index (χ2n) is 6.65. The van der Waals surface area contributed by atoms with Crippen LogP contribution in [0.15, 0.2) is 18.2 Å². The number of amides is 1. The minimum atomic E-state index is 0.0888. The van der Waals surface area contributed by atoms with Crippen LogP contribution in [0.1, 0.15) is 44.1 Å². The Hall–Kier alpha value is -0.770. The van der Waals surface area contributed by atoms with Gasteiger partial charge in [-0.1, -0.05) is 42.6 Å². The SMILES string of the molecule is CCN1CCCCC1CNC(=O)C1CC1c1ccc(Cl)c(Cl)c1. The molecule has 0 bridgehead atoms. The molecule has 0 radical (unpaired) electrons. The molecule has 1 aliphatic heterocycles. The van der Waals surface area contributed by atoms with E-state index in [4.69, 9.17) is 23.2 Å². The fourth-order valence-electron chi connectivity index (χ4n) is 3.65. The normalized spacial score (nSPS) is 27.7. The van der Waals surface area contributed by atoms with Gasteiger partial charge in [0.25, 0.3) is 0 Å². The van der Waals surface area contributed by atoms with Gasteiger partial charge in [-0.2, -0.15) is 0 Å². The number of nitrogens with one attached hydrogen (secondary N) is 1. The van der Waals surface area contributed by atoms with E-state index in [0.29, 0.717) is 22.0 Å². The van der Waals surface area contributed by atoms with E-state index >= 15 is 0 Å². The molecule has 0 aromatic heterocycles. The monoisotopic (exact) mass is 354 g/mol. The highest BCUT2D eigenvalue weighted by molar-refractivity contribution is 6.42. The maximum Gasteiger partial charge on any atom is 0.223 e. The third-order valence-electron chi connectivity index (χ3n) is 5.17. The van der Waals surface area contributed by atoms with E-state index in [9.17, 15) is 4.79 Å². The Labute approximate surface area is 148 Å². The number of carbonyl (C=O) groups is 1. The van der Waals surface area contributed by atoms with Crippen molar-refractivity contribution < 1.29 is 4.79 Å². The van der Waals surface area contributed by atoms with Crippen molar-refractivity contribution in [2.75, 3.05) is 19.6 Å². The molecule has 2 fully saturated rings. The number of halogens is 2. The van der Waals surface area contributed by atoms with Crippen molar-refractivity contribution in [1.82, 2.24) is 10.2 Å². The van der Waals surface area contributed by atoms with E-state index < -0.39 is 0 Å². The molecule has 1 aromatic rings. The number of nitrogens with zero attached hydrogens (tertiary/aromatic N) is 1. The molecule has 1 heterocycles. The molecule has 1 aliphatic carbocycles. The van der Waals surface area contributed by atoms with Crippen LogP contribution in [-0.4, -0.2) is 36.5 Å². The lowest BCUT2D eigenvalue weighted by Crippen LogP contribution is -2.46. The van der Waals surface area contributed by atoms with Gasteiger partial charge in [0.2, 0.25) is 5.91 Å². The van der Waals surface area contributed by atoms with Crippen molar-refractivity contribution in [3.8, 4) is 0 Å². The summed E-state index contributed by atoms with van der Waals surface area (Å²) in [7, 11) is 0. The Bertz CT molecular complexity index is 578. The minimum Gasteiger partial charge on any atom is -0.354 e. The summed E-state index contributed by atoms with van der Waals surface area (Å²) in [6.07, 6.45) is 4.65. The van der Waals surface area contributed by atoms with Crippen molar-refractivity contribution in [1.29, 1.82) is 0 Å². The fourth-order valence-corrected chi connectivity index (χ4v) is 3.96. The van der Waals surface area contributed by atoms with Crippen LogP contribution in [0, 0.1) is 5.92 Å². The highest BCUT2D eigenvalue weighted by Crippen LogP contribution is 2.48. The quantitative estimate of drug-likeness (QED) is 0.863. The molecular weight excluding hydrogens is 331 g/mol. The number of hydrogen-bond acceptors (Lipinski definition) is 2. The minimum absolute atomic E-state index is 0.0888. The smallest absolute Gasteiger partial charge is 0.223 e. The van der Waals surface area contributed by atoms with Gasteiger partial charge in [-0.15, -0.1) is 0 Å². The van der Waals surface area contributed by atoms with Crippen LogP contribution in [0.2, 0.25) is 10.0 Å². The first kappa shape index (κ1) is 17.1. The zero-order valence-electron chi connectivity index (χ0n) is 13.5. The Morgan fingerprint density at radius 3 is 2.87 bits per heavy atom. The van der Waals surface area contributed by atoms with Gasteiger partial charge in [0.05, 0.1) is 10.0 Å². The number of piperidine rings is 1. The summed E-state index contributed by atoms with van der Waals surface area (Å²) in [5.74, 6) is 0.562. The molecule has 23 heavy (non-hydrogen) atoms. The molecule has 3 unspecified atom stereocenters. The predicted octanol–water partition coefficient (Wildman–Crippen LogP) is 4.09. The zero-order chi connectivity index (χ0) is 16.4. The van der Waals surface area contributed by atoms with Crippen LogP contribution in [0.5, 0.6) is 0 Å². The second kappa shape index (κ2) is 7.42. The van der Waals surface area contributed by atoms with Gasteiger partial charge in [0.1, 0.15) is 0 Å². The summed E-state index contributed by atoms with van der Waals surface area (Å²) >= 11 is 12.0. The third-order valence-corrected chi connectivity index (χ3v) is 5.91. The number of likely N-dealkylation sites (tertiary alicyclic amines) is 1. The van der Waals surface area contributed by atoms with E-state index in [1.807, 2.05) is 18.2 Å². The Kier molecular flexibility index (Phi) is 5.50. The van der Waals surface area contributed by atoms with Crippen molar-refractivity contribution in [3.63, 3.8) is 0 Å². The molecule has 126 valence electrons. The fraction of sp³-hybridized carbons (Fsp3) is 0.611. The first-order chi connectivity index (χ1) is 11.1. The van der Waals surface area contributed by atoms with Crippen LogP contribution in [-0.2, 0) is 4.79 Å². The van der Waals surface area contributed by atoms with Gasteiger partial charge in [-0.25, -0.2) is 0 Å². The largest absolute Gasteiger partial charge is 0.354 e. The molecule has 3 rings (SSSR count). The van der Waals surface area contributed by atoms with Gasteiger partial charge in [0, 0.05) is 18.5 Å². The molecular formula is C18H24Cl2N2O. The number of carbonyl (C=O) groups excluding carboxylic acids is 1. The predicted molar refractivity (Wildman–Crippen MR) is 95.2 cm³/mol. The lowest BCUT2D eigenvalue weighted by molar-refractivity contribution is -0.122. The lowest BCUT2D eigenvalue weighted by Gasteiger charge is -2.34. The van der Waals surface area contributed by atoms with Gasteiger partial charge < -0.3 is 5.32 Å². The van der Waals surface area contributed by atoms with Crippen molar-refractivity contribution in [3.05, 3.63) is 33.8 Å². The number of likely N-dealkylation sites (N-methyl/N-ethyl adjacent to an activating group) is 1. The molecule has 3 nitrogen and oxygen atoms in total. The van der Waals surface area contributed by atoms with E-state index in [-0.39, 0.29) is 11.8 Å². The Balaban J connectivity index is 1.51. The first-order valence-corrected chi connectivity index (χ1v) is 9.32. The Morgan fingerprint density at radius 2 is 2.13 bits per heavy atom. The molecule has 1 aromatic carbocycles. The van der Waals surface area contributed by atoms with Gasteiger partial charge in [0.15, 0.2) is 0 Å². The topological polar surface area (TPSA) is 32.3 Å². The summed E-state index contributed by atoms with van der Waals surface area (Å²) < 4.78 is 0. The first-order valence-electron chi connectivity index (χ1n) is 8.57. The summed E-state index contributed by atoms with van der Waals surface area (Å²) in [5.41, 5.74) is 1.12. The average molecular weight is 355 g/mol. The van der Waals surface area contributed by atoms with Gasteiger partial charge in [-0.05, 0) is 56.0 Å². The van der Waals surface area contributed by atoms with E-state index in [1.54, 1.807) is 0 Å². The van der Waals surface area contributed by atoms with Crippen LogP contribution in [0.4, 0.5) is 0 Å². The van der Waals surface area contributed by atoms with Gasteiger partial charge >= 0.3 is 0 Å². The molecule has 3 atom stereocenters. The summed E-state index contributed by atoms with van der Waals surface area (Å²) in [6.45, 7) is 5.20. The lowest BCUT2D eigenvalue weighted by atomic mass is 10.0. The van der Waals surface area contributed by atoms with E-state index in [2.05, 4.69) is 17.1 Å². The average Bonchev–Trinajstić information content (AvgIpc) is 3.36. The molecule has 1 saturated heterocycles. The summed E-state index contributed by atoms with van der Waals surface area (Å²) in [4.78, 5) is 14.9. The maximum absolute atomic E-state index is 12.4. The maximum atomic E-state index is 12.4. The summed E-state index contributed by atoms with van der Waals surface area (Å²) in [6, 6.07) is 6.18. The second-order valence-corrected chi connectivity index (χ2v) is 7.46. The van der Waals surface area contributed by atoms with Crippen LogP contribution in [0.25, 0.3) is 0 Å². The van der Waals surface area contributed by atoms with Crippen LogP contribution in [0.3, 0.4) is 0 Å². The number of benzene rings is 1. The van der Waals surface area contributed by atoms with Gasteiger partial charge in [-0.3, -0.25) is 9.69 Å². The summed E-state index contributed by atoms with van der Waals surface area (Å²) in [5, 5.41) is 4.29. The number of hydrogen-bond donors (Lipinski definition) is 1. The molecule has 2 aliphatic rings. The highest BCUT2D eigenvalue weighted by atomic mass is 35.5. The molecule has 0 spiro atoms. The van der Waals surface area contributed by atoms with Crippen LogP contribution < -0.4 is 5.32 Å². The van der Waals surface area contributed by atoms with Crippen molar-refractivity contribution in [2.45, 2.75) is 44.6 Å². The van der Waals surface area contributed by atoms with E-state index in [1.165, 1.54) is 19.3 Å². The standard InChI is InChI=1S/C18H24Cl2N2O/c1-2-22-8-4-3-5-13(22)11-21-18(23)15-10-14(15)12-6-7-16(19)17(20)9-12/h6-7,9,13-15H,2-5,8,10-11H2,1H3,(H,21,23). The molecule has 1 N–H and O–H groups in total. The van der Waals surface area contributed by atoms with E-state index in [0.717, 1.165) is 31.6 Å². The van der Waals surface area contributed by atoms with Crippen molar-refractivity contribution in [2.24, 2.45) is 5.92 Å². The van der Waals surface area contributed by atoms with Crippen molar-refractivity contribution >= 4 is 29.1 Å². The Morgan fingerprint density at radius 1 is 1.30 bits per heavy atom. The zero-order valence-corrected chi connectivity index (χ0v) is 15.0. The number of rotatable bonds is 5.